The lowest BCUT2D eigenvalue weighted by atomic mass is 9.91. The van der Waals surface area contributed by atoms with E-state index in [0.717, 1.165) is 25.2 Å². The summed E-state index contributed by atoms with van der Waals surface area (Å²) in [5.74, 6) is 1.70. The van der Waals surface area contributed by atoms with Gasteiger partial charge in [-0.2, -0.15) is 0 Å². The first-order valence-corrected chi connectivity index (χ1v) is 6.20. The molecule has 1 aliphatic rings. The van der Waals surface area contributed by atoms with Crippen molar-refractivity contribution in [1.29, 1.82) is 0 Å². The van der Waals surface area contributed by atoms with Crippen molar-refractivity contribution in [3.05, 3.63) is 29.3 Å². The van der Waals surface area contributed by atoms with Crippen molar-refractivity contribution in [2.75, 3.05) is 13.7 Å². The second kappa shape index (κ2) is 4.88. The molecule has 0 radical (unpaired) electrons. The third kappa shape index (κ3) is 1.94. The summed E-state index contributed by atoms with van der Waals surface area (Å²) in [6.45, 7) is 5.32. The van der Waals surface area contributed by atoms with Crippen LogP contribution in [0.1, 0.15) is 49.8 Å². The van der Waals surface area contributed by atoms with E-state index in [-0.39, 0.29) is 0 Å². The Morgan fingerprint density at radius 3 is 3.00 bits per heavy atom. The summed E-state index contributed by atoms with van der Waals surface area (Å²) in [5.41, 5.74) is 2.69. The molecule has 0 aliphatic carbocycles. The van der Waals surface area contributed by atoms with Gasteiger partial charge in [0.2, 0.25) is 0 Å². The molecular formula is C14H21NO. The molecule has 2 heteroatoms. The van der Waals surface area contributed by atoms with Gasteiger partial charge in [-0.25, -0.2) is 0 Å². The number of nitrogens with one attached hydrogen (secondary N) is 1. The standard InChI is InChI=1S/C14H21NO/c1-4-10(2)11-6-5-7-12-13(15-3)8-9-16-14(11)12/h5-7,10,13,15H,4,8-9H2,1-3H3. The van der Waals surface area contributed by atoms with Crippen LogP contribution in [0.5, 0.6) is 5.75 Å². The number of hydrogen-bond donors (Lipinski definition) is 1. The van der Waals surface area contributed by atoms with Gasteiger partial charge in [-0.3, -0.25) is 0 Å². The molecule has 2 atom stereocenters. The zero-order chi connectivity index (χ0) is 11.5. The van der Waals surface area contributed by atoms with Crippen LogP contribution in [0.25, 0.3) is 0 Å². The van der Waals surface area contributed by atoms with Gasteiger partial charge in [-0.15, -0.1) is 0 Å². The fourth-order valence-corrected chi connectivity index (χ4v) is 2.36. The van der Waals surface area contributed by atoms with Gasteiger partial charge in [0.25, 0.3) is 0 Å². The molecule has 88 valence electrons. The second-order valence-electron chi connectivity index (χ2n) is 4.55. The maximum absolute atomic E-state index is 5.87. The van der Waals surface area contributed by atoms with Gasteiger partial charge in [0.05, 0.1) is 6.61 Å². The summed E-state index contributed by atoms with van der Waals surface area (Å²) in [6, 6.07) is 6.99. The number of ether oxygens (including phenoxy) is 1. The van der Waals surface area contributed by atoms with Crippen molar-refractivity contribution < 1.29 is 4.74 Å². The molecular weight excluding hydrogens is 198 g/mol. The Balaban J connectivity index is 2.42. The summed E-state index contributed by atoms with van der Waals surface area (Å²) in [5, 5.41) is 3.36. The highest BCUT2D eigenvalue weighted by molar-refractivity contribution is 5.46. The molecule has 1 N–H and O–H groups in total. The number of benzene rings is 1. The van der Waals surface area contributed by atoms with E-state index in [1.54, 1.807) is 0 Å². The molecule has 1 heterocycles. The Morgan fingerprint density at radius 2 is 2.31 bits per heavy atom. The van der Waals surface area contributed by atoms with Gasteiger partial charge >= 0.3 is 0 Å². The zero-order valence-electron chi connectivity index (χ0n) is 10.4. The molecule has 0 amide bonds. The Labute approximate surface area is 98.0 Å². The van der Waals surface area contributed by atoms with Crippen LogP contribution < -0.4 is 10.1 Å². The quantitative estimate of drug-likeness (QED) is 0.842. The van der Waals surface area contributed by atoms with Crippen LogP contribution in [0.3, 0.4) is 0 Å². The molecule has 2 unspecified atom stereocenters. The molecule has 2 nitrogen and oxygen atoms in total. The van der Waals surface area contributed by atoms with Gasteiger partial charge in [0.15, 0.2) is 0 Å². The molecule has 0 bridgehead atoms. The Morgan fingerprint density at radius 1 is 1.50 bits per heavy atom. The number of fused-ring (bicyclic) bond motifs is 1. The number of rotatable bonds is 3. The lowest BCUT2D eigenvalue weighted by Gasteiger charge is -2.28. The highest BCUT2D eigenvalue weighted by Gasteiger charge is 2.23. The predicted molar refractivity (Wildman–Crippen MR) is 67.1 cm³/mol. The molecule has 0 spiro atoms. The van der Waals surface area contributed by atoms with Gasteiger partial charge in [-0.1, -0.05) is 32.0 Å². The third-order valence-electron chi connectivity index (χ3n) is 3.60. The van der Waals surface area contributed by atoms with Crippen molar-refractivity contribution in [3.63, 3.8) is 0 Å². The van der Waals surface area contributed by atoms with Crippen molar-refractivity contribution >= 4 is 0 Å². The molecule has 1 aliphatic heterocycles. The van der Waals surface area contributed by atoms with Gasteiger partial charge < -0.3 is 10.1 Å². The van der Waals surface area contributed by atoms with Crippen LogP contribution in [-0.2, 0) is 0 Å². The van der Waals surface area contributed by atoms with Gasteiger partial charge in [-0.05, 0) is 24.9 Å². The molecule has 1 aromatic carbocycles. The molecule has 16 heavy (non-hydrogen) atoms. The first-order chi connectivity index (χ1) is 7.77. The fraction of sp³-hybridized carbons (Fsp3) is 0.571. The highest BCUT2D eigenvalue weighted by Crippen LogP contribution is 2.38. The number of para-hydroxylation sites is 1. The monoisotopic (exact) mass is 219 g/mol. The summed E-state index contributed by atoms with van der Waals surface area (Å²) >= 11 is 0. The van der Waals surface area contributed by atoms with Crippen LogP contribution >= 0.6 is 0 Å². The summed E-state index contributed by atoms with van der Waals surface area (Å²) < 4.78 is 5.87. The SMILES string of the molecule is CCC(C)c1cccc2c1OCCC2NC. The van der Waals surface area contributed by atoms with Crippen LogP contribution in [0.2, 0.25) is 0 Å². The lowest BCUT2D eigenvalue weighted by Crippen LogP contribution is -2.24. The average molecular weight is 219 g/mol. The first kappa shape index (κ1) is 11.5. The van der Waals surface area contributed by atoms with E-state index in [9.17, 15) is 0 Å². The molecule has 0 fully saturated rings. The lowest BCUT2D eigenvalue weighted by molar-refractivity contribution is 0.253. The second-order valence-corrected chi connectivity index (χ2v) is 4.55. The van der Waals surface area contributed by atoms with Gasteiger partial charge in [0, 0.05) is 18.0 Å². The fourth-order valence-electron chi connectivity index (χ4n) is 2.36. The maximum Gasteiger partial charge on any atom is 0.127 e. The Hall–Kier alpha value is -1.02. The minimum atomic E-state index is 0.452. The van der Waals surface area contributed by atoms with E-state index in [4.69, 9.17) is 4.74 Å². The van der Waals surface area contributed by atoms with Crippen LogP contribution in [0.15, 0.2) is 18.2 Å². The predicted octanol–water partition coefficient (Wildman–Crippen LogP) is 3.24. The van der Waals surface area contributed by atoms with Crippen LogP contribution in [-0.4, -0.2) is 13.7 Å². The topological polar surface area (TPSA) is 21.3 Å². The minimum Gasteiger partial charge on any atom is -0.493 e. The molecule has 0 saturated heterocycles. The van der Waals surface area contributed by atoms with Gasteiger partial charge in [0.1, 0.15) is 5.75 Å². The Kier molecular flexibility index (Phi) is 3.49. The van der Waals surface area contributed by atoms with E-state index < -0.39 is 0 Å². The van der Waals surface area contributed by atoms with Crippen LogP contribution in [0.4, 0.5) is 0 Å². The number of hydrogen-bond acceptors (Lipinski definition) is 2. The van der Waals surface area contributed by atoms with E-state index in [2.05, 4.69) is 37.4 Å². The molecule has 0 aromatic heterocycles. The third-order valence-corrected chi connectivity index (χ3v) is 3.60. The molecule has 1 aromatic rings. The smallest absolute Gasteiger partial charge is 0.127 e. The highest BCUT2D eigenvalue weighted by atomic mass is 16.5. The van der Waals surface area contributed by atoms with E-state index in [0.29, 0.717) is 12.0 Å². The summed E-state index contributed by atoms with van der Waals surface area (Å²) in [4.78, 5) is 0. The largest absolute Gasteiger partial charge is 0.493 e. The van der Waals surface area contributed by atoms with Crippen molar-refractivity contribution in [1.82, 2.24) is 5.32 Å². The van der Waals surface area contributed by atoms with E-state index in [1.807, 2.05) is 7.05 Å². The minimum absolute atomic E-state index is 0.452. The zero-order valence-corrected chi connectivity index (χ0v) is 10.4. The van der Waals surface area contributed by atoms with E-state index in [1.165, 1.54) is 11.1 Å². The maximum atomic E-state index is 5.87. The Bertz CT molecular complexity index is 348. The van der Waals surface area contributed by atoms with Crippen LogP contribution in [0, 0.1) is 0 Å². The average Bonchev–Trinajstić information content (AvgIpc) is 2.36. The first-order valence-electron chi connectivity index (χ1n) is 6.20. The van der Waals surface area contributed by atoms with Crippen molar-refractivity contribution in [3.8, 4) is 5.75 Å². The van der Waals surface area contributed by atoms with Crippen molar-refractivity contribution in [2.24, 2.45) is 0 Å². The molecule has 0 saturated carbocycles. The molecule has 2 rings (SSSR count). The summed E-state index contributed by atoms with van der Waals surface area (Å²) in [6.07, 6.45) is 2.22. The normalized spacial score (nSPS) is 21.1. The van der Waals surface area contributed by atoms with Crippen molar-refractivity contribution in [2.45, 2.75) is 38.6 Å². The summed E-state index contributed by atoms with van der Waals surface area (Å²) in [7, 11) is 2.02. The van der Waals surface area contributed by atoms with E-state index >= 15 is 0 Å².